The van der Waals surface area contributed by atoms with Crippen LogP contribution in [0, 0.1) is 0 Å². The summed E-state index contributed by atoms with van der Waals surface area (Å²) in [6.07, 6.45) is 2.21. The molecule has 1 aliphatic carbocycles. The van der Waals surface area contributed by atoms with Gasteiger partial charge in [0.1, 0.15) is 0 Å². The van der Waals surface area contributed by atoms with Crippen LogP contribution in [0.3, 0.4) is 0 Å². The summed E-state index contributed by atoms with van der Waals surface area (Å²) in [6.45, 7) is 1.65. The van der Waals surface area contributed by atoms with E-state index in [9.17, 15) is 18.0 Å². The molecular weight excluding hydrogens is 370 g/mol. The number of nitrogens with one attached hydrogen (secondary N) is 2. The van der Waals surface area contributed by atoms with Crippen LogP contribution in [0.15, 0.2) is 40.8 Å². The summed E-state index contributed by atoms with van der Waals surface area (Å²) < 4.78 is 27.4. The topological polar surface area (TPSA) is 136 Å². The highest BCUT2D eigenvalue weighted by molar-refractivity contribution is 7.90. The summed E-state index contributed by atoms with van der Waals surface area (Å²) in [5, 5.41) is 2.53. The van der Waals surface area contributed by atoms with Gasteiger partial charge in [-0.25, -0.2) is 23.2 Å². The van der Waals surface area contributed by atoms with E-state index in [0.29, 0.717) is 23.4 Å². The molecule has 0 spiro atoms. The van der Waals surface area contributed by atoms with Crippen LogP contribution < -0.4 is 16.6 Å². The number of aromatic nitrogens is 2. The lowest BCUT2D eigenvalue weighted by Gasteiger charge is -2.16. The first-order chi connectivity index (χ1) is 12.9. The Kier molecular flexibility index (Phi) is 5.10. The van der Waals surface area contributed by atoms with Gasteiger partial charge in [-0.05, 0) is 31.1 Å². The molecule has 0 aliphatic heterocycles. The molecule has 0 fully saturated rings. The largest absolute Gasteiger partial charge is 0.295 e. The van der Waals surface area contributed by atoms with Gasteiger partial charge in [0.25, 0.3) is 15.9 Å². The Balaban J connectivity index is 2.18. The van der Waals surface area contributed by atoms with Crippen molar-refractivity contribution in [1.29, 1.82) is 0 Å². The number of hydrazine groups is 1. The molecule has 1 aromatic carbocycles. The maximum Gasteiger partial charge on any atom is 0.270 e. The number of amides is 2. The molecule has 10 heteroatoms. The van der Waals surface area contributed by atoms with Crippen LogP contribution in [0.1, 0.15) is 31.2 Å². The van der Waals surface area contributed by atoms with E-state index >= 15 is 0 Å². The van der Waals surface area contributed by atoms with Crippen molar-refractivity contribution in [2.45, 2.75) is 31.1 Å². The molecule has 0 bridgehead atoms. The highest BCUT2D eigenvalue weighted by atomic mass is 32.2. The van der Waals surface area contributed by atoms with Crippen molar-refractivity contribution in [2.24, 2.45) is 5.84 Å². The van der Waals surface area contributed by atoms with E-state index in [1.807, 2.05) is 0 Å². The number of nitrogens with zero attached hydrogens (tertiary/aromatic N) is 2. The van der Waals surface area contributed by atoms with Crippen molar-refractivity contribution < 1.29 is 18.0 Å². The van der Waals surface area contributed by atoms with E-state index in [1.165, 1.54) is 18.2 Å². The molecule has 0 atom stereocenters. The number of hydrogen-bond donors (Lipinski definition) is 3. The Bertz CT molecular complexity index is 1030. The molecule has 142 valence electrons. The lowest BCUT2D eigenvalue weighted by atomic mass is 10.00. The zero-order valence-electron chi connectivity index (χ0n) is 14.6. The minimum Gasteiger partial charge on any atom is -0.295 e. The molecule has 2 amide bonds. The average molecular weight is 389 g/mol. The fourth-order valence-corrected chi connectivity index (χ4v) is 4.31. The number of carbonyl (C=O) groups is 2. The minimum absolute atomic E-state index is 0.0756. The first-order valence-electron chi connectivity index (χ1n) is 8.32. The Morgan fingerprint density at radius 2 is 1.93 bits per heavy atom. The summed E-state index contributed by atoms with van der Waals surface area (Å²) in [5.41, 5.74) is 3.16. The van der Waals surface area contributed by atoms with Crippen LogP contribution in [0.5, 0.6) is 0 Å². The molecule has 4 N–H and O–H groups in total. The Morgan fingerprint density at radius 3 is 2.56 bits per heavy atom. The zero-order chi connectivity index (χ0) is 19.6. The number of imidazole rings is 1. The van der Waals surface area contributed by atoms with E-state index in [4.69, 9.17) is 5.84 Å². The molecule has 1 heterocycles. The summed E-state index contributed by atoms with van der Waals surface area (Å²) >= 11 is 0. The first-order valence-corrected chi connectivity index (χ1v) is 9.76. The van der Waals surface area contributed by atoms with Gasteiger partial charge in [0.2, 0.25) is 11.9 Å². The minimum atomic E-state index is -3.98. The van der Waals surface area contributed by atoms with Crippen LogP contribution in [-0.2, 0) is 26.0 Å². The van der Waals surface area contributed by atoms with Gasteiger partial charge in [-0.2, -0.15) is 0 Å². The molecule has 1 aromatic heterocycles. The van der Waals surface area contributed by atoms with E-state index < -0.39 is 15.9 Å². The summed E-state index contributed by atoms with van der Waals surface area (Å²) in [5.74, 6) is 4.24. The third-order valence-corrected chi connectivity index (χ3v) is 5.92. The fraction of sp³-hybridized carbons (Fsp3) is 0.235. The first kappa shape index (κ1) is 18.8. The normalized spacial score (nSPS) is 13.5. The second-order valence-electron chi connectivity index (χ2n) is 5.89. The van der Waals surface area contributed by atoms with E-state index in [1.54, 1.807) is 25.1 Å². The van der Waals surface area contributed by atoms with Crippen LogP contribution in [0.25, 0.3) is 6.08 Å². The predicted molar refractivity (Wildman–Crippen MR) is 98.8 cm³/mol. The molecule has 1 aliphatic rings. The zero-order valence-corrected chi connectivity index (χ0v) is 15.4. The molecule has 0 radical (unpaired) electrons. The van der Waals surface area contributed by atoms with Gasteiger partial charge in [-0.3, -0.25) is 20.3 Å². The van der Waals surface area contributed by atoms with E-state index in [0.717, 1.165) is 3.97 Å². The van der Waals surface area contributed by atoms with Gasteiger partial charge in [0, 0.05) is 12.0 Å². The highest BCUT2D eigenvalue weighted by Gasteiger charge is 2.30. The average Bonchev–Trinajstić information content (AvgIpc) is 3.05. The van der Waals surface area contributed by atoms with Gasteiger partial charge < -0.3 is 0 Å². The fourth-order valence-electron chi connectivity index (χ4n) is 2.81. The number of fused-ring (bicyclic) bond motifs is 1. The summed E-state index contributed by atoms with van der Waals surface area (Å²) in [6, 6.07) is 7.88. The van der Waals surface area contributed by atoms with Crippen LogP contribution in [-0.4, -0.2) is 29.2 Å². The number of carbonyl (C=O) groups excluding carboxylic acids is 2. The quantitative estimate of drug-likeness (QED) is 0.393. The standard InChI is InChI=1S/C17H19N5O4S/c1-2-15(23)20-17-19-13-10-11(16(24)21-18)8-9-14(13)22(17)27(25,26)12-6-4-3-5-7-12/h3-7,10H,2,8-9,18H2,1H3,(H,21,24)(H,19,20,23). The van der Waals surface area contributed by atoms with Gasteiger partial charge in [-0.1, -0.05) is 25.1 Å². The molecule has 0 saturated heterocycles. The maximum atomic E-state index is 13.2. The van der Waals surface area contributed by atoms with E-state index in [2.05, 4.69) is 15.7 Å². The van der Waals surface area contributed by atoms with Crippen molar-refractivity contribution in [1.82, 2.24) is 14.4 Å². The second-order valence-corrected chi connectivity index (χ2v) is 7.68. The molecule has 2 aromatic rings. The van der Waals surface area contributed by atoms with Gasteiger partial charge in [-0.15, -0.1) is 0 Å². The molecule has 9 nitrogen and oxygen atoms in total. The number of benzene rings is 1. The Labute approximate surface area is 156 Å². The predicted octanol–water partition coefficient (Wildman–Crippen LogP) is 0.788. The smallest absolute Gasteiger partial charge is 0.270 e. The Morgan fingerprint density at radius 1 is 1.22 bits per heavy atom. The molecule has 27 heavy (non-hydrogen) atoms. The van der Waals surface area contributed by atoms with Gasteiger partial charge in [0.05, 0.1) is 16.3 Å². The number of rotatable bonds is 5. The lowest BCUT2D eigenvalue weighted by molar-refractivity contribution is -0.117. The lowest BCUT2D eigenvalue weighted by Crippen LogP contribution is -2.32. The van der Waals surface area contributed by atoms with Crippen molar-refractivity contribution in [3.05, 3.63) is 47.3 Å². The summed E-state index contributed by atoms with van der Waals surface area (Å²) in [4.78, 5) is 28.0. The van der Waals surface area contributed by atoms with Crippen LogP contribution >= 0.6 is 0 Å². The molecular formula is C17H19N5O4S. The highest BCUT2D eigenvalue weighted by Crippen LogP contribution is 2.30. The monoisotopic (exact) mass is 389 g/mol. The van der Waals surface area contributed by atoms with Crippen molar-refractivity contribution in [2.75, 3.05) is 5.32 Å². The second kappa shape index (κ2) is 7.33. The number of nitrogens with two attached hydrogens (primary N) is 1. The Hall–Kier alpha value is -2.98. The third-order valence-electron chi connectivity index (χ3n) is 4.18. The molecule has 0 saturated carbocycles. The van der Waals surface area contributed by atoms with E-state index in [-0.39, 0.29) is 29.6 Å². The van der Waals surface area contributed by atoms with Crippen molar-refractivity contribution >= 4 is 33.9 Å². The van der Waals surface area contributed by atoms with Crippen LogP contribution in [0.4, 0.5) is 5.95 Å². The van der Waals surface area contributed by atoms with Gasteiger partial charge in [0.15, 0.2) is 0 Å². The molecule has 0 unspecified atom stereocenters. The van der Waals surface area contributed by atoms with Gasteiger partial charge >= 0.3 is 0 Å². The third kappa shape index (κ3) is 3.49. The maximum absolute atomic E-state index is 13.2. The van der Waals surface area contributed by atoms with Crippen LogP contribution in [0.2, 0.25) is 0 Å². The van der Waals surface area contributed by atoms with Crippen molar-refractivity contribution in [3.63, 3.8) is 0 Å². The van der Waals surface area contributed by atoms with Crippen molar-refractivity contribution in [3.8, 4) is 0 Å². The number of hydrogen-bond acceptors (Lipinski definition) is 6. The number of anilines is 1. The molecule has 3 rings (SSSR count). The summed E-state index contributed by atoms with van der Waals surface area (Å²) in [7, 11) is -3.98. The SMILES string of the molecule is CCC(=O)Nc1nc2c(n1S(=O)(=O)c1ccccc1)CCC(C(=O)NN)=C2.